The predicted molar refractivity (Wildman–Crippen MR) is 38.5 cm³/mol. The number of nitrogens with one attached hydrogen (secondary N) is 1. The van der Waals surface area contributed by atoms with Crippen molar-refractivity contribution >= 4 is 11.9 Å². The standard InChI is InChI=1S/C6H10N2O3/c1-2-11-4-3-5(9)8-6(7)10/h3-4H,2H2,1H3,(H3,7,8,9,10)/b4-3+. The maximum atomic E-state index is 10.5. The van der Waals surface area contributed by atoms with Gasteiger partial charge in [-0.25, -0.2) is 4.79 Å². The van der Waals surface area contributed by atoms with E-state index in [1.54, 1.807) is 6.92 Å². The number of imide groups is 1. The Hall–Kier alpha value is -1.52. The van der Waals surface area contributed by atoms with Crippen LogP contribution in [0.1, 0.15) is 6.92 Å². The number of primary amides is 1. The SMILES string of the molecule is CCO/C=C/C(=O)NC(N)=O. The Labute approximate surface area is 64.2 Å². The van der Waals surface area contributed by atoms with E-state index in [1.165, 1.54) is 6.26 Å². The molecule has 0 unspecified atom stereocenters. The van der Waals surface area contributed by atoms with Gasteiger partial charge in [-0.15, -0.1) is 0 Å². The molecule has 11 heavy (non-hydrogen) atoms. The average molecular weight is 158 g/mol. The maximum absolute atomic E-state index is 10.5. The summed E-state index contributed by atoms with van der Waals surface area (Å²) in [4.78, 5) is 20.6. The number of hydrogen-bond donors (Lipinski definition) is 2. The molecule has 0 atom stereocenters. The molecule has 0 radical (unpaired) electrons. The third kappa shape index (κ3) is 6.36. The van der Waals surface area contributed by atoms with Crippen molar-refractivity contribution in [3.05, 3.63) is 12.3 Å². The highest BCUT2D eigenvalue weighted by Crippen LogP contribution is 1.76. The lowest BCUT2D eigenvalue weighted by molar-refractivity contribution is -0.115. The monoisotopic (exact) mass is 158 g/mol. The zero-order chi connectivity index (χ0) is 8.69. The number of hydrogen-bond acceptors (Lipinski definition) is 3. The Kier molecular flexibility index (Phi) is 4.55. The third-order valence-electron chi connectivity index (χ3n) is 0.729. The van der Waals surface area contributed by atoms with Crippen LogP contribution in [-0.2, 0) is 9.53 Å². The van der Waals surface area contributed by atoms with Crippen molar-refractivity contribution in [2.24, 2.45) is 5.73 Å². The fourth-order valence-electron chi connectivity index (χ4n) is 0.369. The fourth-order valence-corrected chi connectivity index (χ4v) is 0.369. The summed E-state index contributed by atoms with van der Waals surface area (Å²) in [6.45, 7) is 2.25. The maximum Gasteiger partial charge on any atom is 0.319 e. The van der Waals surface area contributed by atoms with Crippen molar-refractivity contribution in [3.63, 3.8) is 0 Å². The van der Waals surface area contributed by atoms with Crippen LogP contribution < -0.4 is 11.1 Å². The molecule has 0 rings (SSSR count). The zero-order valence-electron chi connectivity index (χ0n) is 6.16. The molecule has 0 fully saturated rings. The predicted octanol–water partition coefficient (Wildman–Crippen LogP) is -0.268. The molecule has 62 valence electrons. The first kappa shape index (κ1) is 9.48. The van der Waals surface area contributed by atoms with Crippen LogP contribution in [0.2, 0.25) is 0 Å². The van der Waals surface area contributed by atoms with Crippen LogP contribution in [0.5, 0.6) is 0 Å². The van der Waals surface area contributed by atoms with Crippen LogP contribution in [0.3, 0.4) is 0 Å². The van der Waals surface area contributed by atoms with Gasteiger partial charge in [0, 0.05) is 6.08 Å². The number of carbonyl (C=O) groups excluding carboxylic acids is 2. The van der Waals surface area contributed by atoms with E-state index in [9.17, 15) is 9.59 Å². The van der Waals surface area contributed by atoms with Crippen LogP contribution in [-0.4, -0.2) is 18.5 Å². The number of nitrogens with two attached hydrogens (primary N) is 1. The van der Waals surface area contributed by atoms with E-state index >= 15 is 0 Å². The summed E-state index contributed by atoms with van der Waals surface area (Å²) in [7, 11) is 0. The van der Waals surface area contributed by atoms with Gasteiger partial charge in [-0.2, -0.15) is 0 Å². The molecule has 5 heteroatoms. The molecule has 0 saturated heterocycles. The molecule has 0 aliphatic rings. The minimum absolute atomic E-state index is 0.473. The molecule has 0 aromatic carbocycles. The summed E-state index contributed by atoms with van der Waals surface area (Å²) in [6, 6.07) is -0.879. The van der Waals surface area contributed by atoms with Crippen molar-refractivity contribution in [2.75, 3.05) is 6.61 Å². The van der Waals surface area contributed by atoms with Gasteiger partial charge in [-0.3, -0.25) is 10.1 Å². The molecule has 0 saturated carbocycles. The van der Waals surface area contributed by atoms with Crippen LogP contribution in [0.4, 0.5) is 4.79 Å². The summed E-state index contributed by atoms with van der Waals surface area (Å²) < 4.78 is 4.69. The molecule has 3 N–H and O–H groups in total. The Morgan fingerprint density at radius 3 is 2.73 bits per heavy atom. The summed E-state index contributed by atoms with van der Waals surface area (Å²) in [6.07, 6.45) is 2.27. The first-order chi connectivity index (χ1) is 5.16. The van der Waals surface area contributed by atoms with Crippen molar-refractivity contribution < 1.29 is 14.3 Å². The Morgan fingerprint density at radius 2 is 2.27 bits per heavy atom. The highest BCUT2D eigenvalue weighted by molar-refractivity contribution is 5.99. The molecule has 0 spiro atoms. The van der Waals surface area contributed by atoms with E-state index in [0.29, 0.717) is 6.61 Å². The highest BCUT2D eigenvalue weighted by atomic mass is 16.5. The fraction of sp³-hybridized carbons (Fsp3) is 0.333. The molecule has 0 aromatic heterocycles. The van der Waals surface area contributed by atoms with Gasteiger partial charge in [0.2, 0.25) is 0 Å². The lowest BCUT2D eigenvalue weighted by Gasteiger charge is -1.93. The normalized spacial score (nSPS) is 9.55. The quantitative estimate of drug-likeness (QED) is 0.438. The molecule has 0 aliphatic carbocycles. The van der Waals surface area contributed by atoms with Gasteiger partial charge >= 0.3 is 6.03 Å². The first-order valence-corrected chi connectivity index (χ1v) is 3.05. The molecular formula is C6H10N2O3. The third-order valence-corrected chi connectivity index (χ3v) is 0.729. The molecular weight excluding hydrogens is 148 g/mol. The summed E-state index contributed by atoms with van der Waals surface area (Å²) in [5.74, 6) is -0.592. The number of amides is 3. The van der Waals surface area contributed by atoms with Crippen molar-refractivity contribution in [2.45, 2.75) is 6.92 Å². The summed E-state index contributed by atoms with van der Waals surface area (Å²) in [5.41, 5.74) is 4.65. The van der Waals surface area contributed by atoms with Gasteiger partial charge in [0.05, 0.1) is 12.9 Å². The minimum Gasteiger partial charge on any atom is -0.501 e. The van der Waals surface area contributed by atoms with Crippen LogP contribution >= 0.6 is 0 Å². The molecule has 0 aliphatic heterocycles. The summed E-state index contributed by atoms with van der Waals surface area (Å²) >= 11 is 0. The molecule has 3 amide bonds. The lowest BCUT2D eigenvalue weighted by atomic mass is 10.6. The number of rotatable bonds is 3. The second-order valence-electron chi connectivity index (χ2n) is 1.61. The Balaban J connectivity index is 3.60. The Bertz CT molecular complexity index is 177. The van der Waals surface area contributed by atoms with Crippen LogP contribution in [0.25, 0.3) is 0 Å². The number of carbonyl (C=O) groups is 2. The number of urea groups is 1. The van der Waals surface area contributed by atoms with E-state index in [4.69, 9.17) is 4.74 Å². The molecule has 0 heterocycles. The van der Waals surface area contributed by atoms with Gasteiger partial charge < -0.3 is 10.5 Å². The minimum atomic E-state index is -0.879. The largest absolute Gasteiger partial charge is 0.501 e. The van der Waals surface area contributed by atoms with Crippen molar-refractivity contribution in [3.8, 4) is 0 Å². The van der Waals surface area contributed by atoms with Gasteiger partial charge in [0.15, 0.2) is 0 Å². The van der Waals surface area contributed by atoms with Gasteiger partial charge in [0.1, 0.15) is 0 Å². The van der Waals surface area contributed by atoms with Crippen LogP contribution in [0.15, 0.2) is 12.3 Å². The lowest BCUT2D eigenvalue weighted by Crippen LogP contribution is -2.33. The summed E-state index contributed by atoms with van der Waals surface area (Å²) in [5, 5.41) is 1.83. The zero-order valence-corrected chi connectivity index (χ0v) is 6.16. The van der Waals surface area contributed by atoms with Crippen molar-refractivity contribution in [1.29, 1.82) is 0 Å². The smallest absolute Gasteiger partial charge is 0.319 e. The second kappa shape index (κ2) is 5.28. The topological polar surface area (TPSA) is 81.4 Å². The van der Waals surface area contributed by atoms with E-state index in [2.05, 4.69) is 5.73 Å². The molecule has 5 nitrogen and oxygen atoms in total. The van der Waals surface area contributed by atoms with E-state index in [-0.39, 0.29) is 0 Å². The van der Waals surface area contributed by atoms with E-state index < -0.39 is 11.9 Å². The average Bonchev–Trinajstić information content (AvgIpc) is 1.86. The van der Waals surface area contributed by atoms with Gasteiger partial charge in [-0.05, 0) is 6.92 Å². The molecule has 0 bridgehead atoms. The van der Waals surface area contributed by atoms with Gasteiger partial charge in [-0.1, -0.05) is 0 Å². The van der Waals surface area contributed by atoms with Crippen LogP contribution in [0, 0.1) is 0 Å². The van der Waals surface area contributed by atoms with Crippen molar-refractivity contribution in [1.82, 2.24) is 5.32 Å². The first-order valence-electron chi connectivity index (χ1n) is 3.05. The highest BCUT2D eigenvalue weighted by Gasteiger charge is 1.96. The van der Waals surface area contributed by atoms with E-state index in [1.807, 2.05) is 5.32 Å². The number of ether oxygens (including phenoxy) is 1. The van der Waals surface area contributed by atoms with E-state index in [0.717, 1.165) is 6.08 Å². The second-order valence-corrected chi connectivity index (χ2v) is 1.61. The molecule has 0 aromatic rings. The Morgan fingerprint density at radius 1 is 1.64 bits per heavy atom. The van der Waals surface area contributed by atoms with Gasteiger partial charge in [0.25, 0.3) is 5.91 Å².